The van der Waals surface area contributed by atoms with Gasteiger partial charge < -0.3 is 9.73 Å². The molecule has 5 aromatic rings. The molecule has 0 bridgehead atoms. The molecule has 3 aromatic carbocycles. The van der Waals surface area contributed by atoms with Crippen molar-refractivity contribution in [1.82, 2.24) is 10.3 Å². The first-order valence-electron chi connectivity index (χ1n) is 10.8. The summed E-state index contributed by atoms with van der Waals surface area (Å²) in [6.45, 7) is 1.87. The Balaban J connectivity index is 0.00000304. The molecule has 0 saturated carbocycles. The first-order chi connectivity index (χ1) is 16.9. The van der Waals surface area contributed by atoms with Crippen LogP contribution in [-0.4, -0.2) is 23.8 Å². The fourth-order valence-corrected chi connectivity index (χ4v) is 4.54. The summed E-state index contributed by atoms with van der Waals surface area (Å²) in [5.41, 5.74) is 4.44. The Labute approximate surface area is 211 Å². The van der Waals surface area contributed by atoms with Crippen molar-refractivity contribution < 1.29 is 18.4 Å². The van der Waals surface area contributed by atoms with Gasteiger partial charge in [0, 0.05) is 28.9 Å². The van der Waals surface area contributed by atoms with Crippen molar-refractivity contribution in [2.45, 2.75) is 14.4 Å². The maximum atomic E-state index is 13.4. The van der Waals surface area contributed by atoms with Gasteiger partial charge in [-0.3, -0.25) is 14.9 Å². The van der Waals surface area contributed by atoms with Crippen LogP contribution in [0.4, 0.5) is 9.52 Å². The monoisotopic (exact) mass is 501 g/mol. The van der Waals surface area contributed by atoms with E-state index in [1.54, 1.807) is 43.4 Å². The van der Waals surface area contributed by atoms with E-state index in [9.17, 15) is 14.0 Å². The second-order valence-corrected chi connectivity index (χ2v) is 8.79. The van der Waals surface area contributed by atoms with E-state index in [0.29, 0.717) is 38.6 Å². The van der Waals surface area contributed by atoms with E-state index in [0.717, 1.165) is 16.8 Å². The lowest BCUT2D eigenvalue weighted by Gasteiger charge is -2.07. The number of aromatic nitrogens is 1. The molecule has 8 heteroatoms. The van der Waals surface area contributed by atoms with Gasteiger partial charge in [0.25, 0.3) is 11.8 Å². The summed E-state index contributed by atoms with van der Waals surface area (Å²) >= 11 is 1.37. The van der Waals surface area contributed by atoms with Crippen LogP contribution in [0.3, 0.4) is 0 Å². The number of carbonyl (C=O) groups is 2. The number of amides is 2. The van der Waals surface area contributed by atoms with Crippen molar-refractivity contribution in [3.05, 3.63) is 94.7 Å². The van der Waals surface area contributed by atoms with E-state index in [2.05, 4.69) is 15.6 Å². The minimum atomic E-state index is -0.373. The number of nitrogens with zero attached hydrogens (tertiary/aromatic N) is 1. The van der Waals surface area contributed by atoms with Crippen LogP contribution >= 0.6 is 11.3 Å². The van der Waals surface area contributed by atoms with Gasteiger partial charge in [0.2, 0.25) is 0 Å². The largest absolute Gasteiger partial charge is 0.455 e. The maximum absolute atomic E-state index is 13.4. The molecule has 0 aliphatic heterocycles. The number of anilines is 1. The molecule has 0 aliphatic rings. The highest BCUT2D eigenvalue weighted by atomic mass is 32.1. The quantitative estimate of drug-likeness (QED) is 0.274. The molecule has 0 fully saturated rings. The van der Waals surface area contributed by atoms with Crippen molar-refractivity contribution in [3.8, 4) is 22.5 Å². The number of aryl methyl sites for hydroxylation is 1. The number of rotatable bonds is 5. The smallest absolute Gasteiger partial charge is 0.257 e. The van der Waals surface area contributed by atoms with Crippen LogP contribution in [0.15, 0.2) is 76.5 Å². The highest BCUT2D eigenvalue weighted by Crippen LogP contribution is 2.36. The molecule has 0 atom stereocenters. The van der Waals surface area contributed by atoms with Crippen molar-refractivity contribution in [2.75, 3.05) is 12.4 Å². The van der Waals surface area contributed by atoms with E-state index >= 15 is 0 Å². The van der Waals surface area contributed by atoms with Crippen molar-refractivity contribution in [3.63, 3.8) is 0 Å². The molecule has 0 aliphatic carbocycles. The number of halogens is 1. The lowest BCUT2D eigenvalue weighted by Crippen LogP contribution is -2.18. The molecule has 36 heavy (non-hydrogen) atoms. The number of carbonyl (C=O) groups excluding carboxylic acids is 2. The van der Waals surface area contributed by atoms with Crippen LogP contribution in [0.5, 0.6) is 0 Å². The first kappa shape index (κ1) is 24.8. The predicted octanol–water partition coefficient (Wildman–Crippen LogP) is 6.92. The van der Waals surface area contributed by atoms with Crippen LogP contribution in [0.25, 0.3) is 33.4 Å². The van der Waals surface area contributed by atoms with Gasteiger partial charge in [0.1, 0.15) is 17.2 Å². The lowest BCUT2D eigenvalue weighted by molar-refractivity contribution is 0.0963. The fourth-order valence-electron chi connectivity index (χ4n) is 3.85. The second-order valence-electron chi connectivity index (χ2n) is 7.93. The summed E-state index contributed by atoms with van der Waals surface area (Å²) in [6, 6.07) is 18.5. The third-order valence-electron chi connectivity index (χ3n) is 5.55. The number of hydrogen-bond acceptors (Lipinski definition) is 5. The van der Waals surface area contributed by atoms with Gasteiger partial charge >= 0.3 is 0 Å². The Bertz CT molecular complexity index is 1570. The molecule has 2 heterocycles. The van der Waals surface area contributed by atoms with Gasteiger partial charge in [-0.25, -0.2) is 9.37 Å². The molecule has 5 rings (SSSR count). The molecule has 6 nitrogen and oxygen atoms in total. The number of fused-ring (bicyclic) bond motifs is 1. The van der Waals surface area contributed by atoms with E-state index in [1.807, 2.05) is 30.5 Å². The summed E-state index contributed by atoms with van der Waals surface area (Å²) in [5, 5.41) is 8.51. The van der Waals surface area contributed by atoms with Gasteiger partial charge in [-0.2, -0.15) is 0 Å². The maximum Gasteiger partial charge on any atom is 0.257 e. The molecule has 2 amide bonds. The standard InChI is InChI=1S/C27H20FN3O3S.CH4/c1-15-14-35-27(30-15)31-25(32)19-5-3-4-17(12-19)18-8-11-22-21(13-18)23(26(33)29-2)24(34-22)16-6-9-20(28)10-7-16;/h3-14H,1-2H3,(H,29,33)(H,30,31,32);1H4. The number of nitrogens with one attached hydrogen (secondary N) is 2. The minimum Gasteiger partial charge on any atom is -0.455 e. The third-order valence-corrected chi connectivity index (χ3v) is 6.42. The Morgan fingerprint density at radius 1 is 0.944 bits per heavy atom. The van der Waals surface area contributed by atoms with Crippen LogP contribution in [-0.2, 0) is 0 Å². The van der Waals surface area contributed by atoms with E-state index in [1.165, 1.54) is 23.5 Å². The molecule has 2 aromatic heterocycles. The summed E-state index contributed by atoms with van der Waals surface area (Å²) in [4.78, 5) is 29.8. The van der Waals surface area contributed by atoms with Gasteiger partial charge in [-0.05, 0) is 66.6 Å². The zero-order valence-electron chi connectivity index (χ0n) is 18.9. The van der Waals surface area contributed by atoms with Gasteiger partial charge in [0.05, 0.1) is 11.3 Å². The molecule has 0 saturated heterocycles. The van der Waals surface area contributed by atoms with Crippen LogP contribution in [0, 0.1) is 12.7 Å². The van der Waals surface area contributed by atoms with Crippen LogP contribution < -0.4 is 10.6 Å². The Kier molecular flexibility index (Phi) is 6.98. The number of hydrogen-bond donors (Lipinski definition) is 2. The minimum absolute atomic E-state index is 0. The first-order valence-corrected chi connectivity index (χ1v) is 11.7. The molecule has 182 valence electrons. The molecular weight excluding hydrogens is 477 g/mol. The van der Waals surface area contributed by atoms with Crippen molar-refractivity contribution >= 4 is 39.3 Å². The van der Waals surface area contributed by atoms with Crippen molar-refractivity contribution in [2.24, 2.45) is 0 Å². The number of furan rings is 1. The molecular formula is C28H24FN3O3S. The number of thiazole rings is 1. The summed E-state index contributed by atoms with van der Waals surface area (Å²) < 4.78 is 19.5. The summed E-state index contributed by atoms with van der Waals surface area (Å²) in [6.07, 6.45) is 0. The average Bonchev–Trinajstić information content (AvgIpc) is 3.46. The summed E-state index contributed by atoms with van der Waals surface area (Å²) in [5.74, 6) is -0.576. The lowest BCUT2D eigenvalue weighted by atomic mass is 9.99. The van der Waals surface area contributed by atoms with Gasteiger partial charge in [0.15, 0.2) is 5.13 Å². The highest BCUT2D eigenvalue weighted by Gasteiger charge is 2.22. The Hall–Kier alpha value is -4.30. The fraction of sp³-hybridized carbons (Fsp3) is 0.107. The molecule has 0 radical (unpaired) electrons. The summed E-state index contributed by atoms with van der Waals surface area (Å²) in [7, 11) is 1.55. The van der Waals surface area contributed by atoms with Gasteiger partial charge in [-0.1, -0.05) is 25.6 Å². The molecule has 2 N–H and O–H groups in total. The topological polar surface area (TPSA) is 84.2 Å². The Morgan fingerprint density at radius 3 is 2.36 bits per heavy atom. The zero-order valence-corrected chi connectivity index (χ0v) is 19.7. The van der Waals surface area contributed by atoms with E-state index < -0.39 is 0 Å². The van der Waals surface area contributed by atoms with Crippen LogP contribution in [0.1, 0.15) is 33.8 Å². The third kappa shape index (κ3) is 4.76. The average molecular weight is 502 g/mol. The number of benzene rings is 3. The van der Waals surface area contributed by atoms with E-state index in [-0.39, 0.29) is 25.1 Å². The van der Waals surface area contributed by atoms with E-state index in [4.69, 9.17) is 4.42 Å². The molecule has 0 spiro atoms. The van der Waals surface area contributed by atoms with Gasteiger partial charge in [-0.15, -0.1) is 11.3 Å². The Morgan fingerprint density at radius 2 is 1.67 bits per heavy atom. The second kappa shape index (κ2) is 10.1. The SMILES string of the molecule is C.CNC(=O)c1c(-c2ccc(F)cc2)oc2ccc(-c3cccc(C(=O)Nc4nc(C)cs4)c3)cc12. The zero-order chi connectivity index (χ0) is 24.5. The normalized spacial score (nSPS) is 10.6. The molecule has 0 unspecified atom stereocenters. The predicted molar refractivity (Wildman–Crippen MR) is 142 cm³/mol. The highest BCUT2D eigenvalue weighted by molar-refractivity contribution is 7.13. The van der Waals surface area contributed by atoms with Crippen LogP contribution in [0.2, 0.25) is 0 Å². The van der Waals surface area contributed by atoms with Crippen molar-refractivity contribution in [1.29, 1.82) is 0 Å².